The van der Waals surface area contributed by atoms with Crippen molar-refractivity contribution in [2.75, 3.05) is 20.8 Å². The molecule has 2 N–H and O–H groups in total. The lowest BCUT2D eigenvalue weighted by atomic mass is 9.78. The number of halogens is 1. The molecule has 3 heterocycles. The van der Waals surface area contributed by atoms with E-state index in [9.17, 15) is 34.2 Å². The van der Waals surface area contributed by atoms with Crippen LogP contribution in [0.3, 0.4) is 0 Å². The van der Waals surface area contributed by atoms with E-state index in [1.54, 1.807) is 34.0 Å². The minimum Gasteiger partial charge on any atom is -0.460 e. The summed E-state index contributed by atoms with van der Waals surface area (Å²) in [5, 5.41) is 23.5. The van der Waals surface area contributed by atoms with E-state index in [0.29, 0.717) is 56.9 Å². The number of ketones is 3. The van der Waals surface area contributed by atoms with Gasteiger partial charge in [-0.2, -0.15) is 0 Å². The zero-order chi connectivity index (χ0) is 47.3. The maximum absolute atomic E-state index is 14.5. The van der Waals surface area contributed by atoms with Gasteiger partial charge >= 0.3 is 11.8 Å². The highest BCUT2D eigenvalue weighted by Gasteiger charge is 2.54. The third kappa shape index (κ3) is 14.5. The summed E-state index contributed by atoms with van der Waals surface area (Å²) in [6.45, 7) is 13.0. The fraction of sp³-hybridized carbons (Fsp3) is 0.740. The number of carbonyl (C=O) groups excluding carboxylic acids is 5. The number of allylic oxidation sites excluding steroid dienone is 7. The zero-order valence-corrected chi connectivity index (χ0v) is 41.8. The third-order valence-electron chi connectivity index (χ3n) is 14.1. The van der Waals surface area contributed by atoms with Crippen molar-refractivity contribution in [2.45, 2.75) is 180 Å². The molecule has 14 heteroatoms. The maximum Gasteiger partial charge on any atom is 0.329 e. The lowest BCUT2D eigenvalue weighted by molar-refractivity contribution is -0.229. The van der Waals surface area contributed by atoms with E-state index in [2.05, 4.69) is 0 Å². The summed E-state index contributed by atoms with van der Waals surface area (Å²) in [5.41, 5.74) is 1.45. The number of ether oxygens (including phenoxy) is 4. The van der Waals surface area contributed by atoms with Gasteiger partial charge in [0.05, 0.1) is 18.3 Å². The molecule has 2 saturated heterocycles. The number of Topliss-reactive ketones (excluding diaryl/α,β-unsaturated/α-hetero) is 3. The normalized spacial score (nSPS) is 39.7. The topological polar surface area (TPSA) is 175 Å². The lowest BCUT2D eigenvalue weighted by Crippen LogP contribution is -2.62. The Balaban J connectivity index is 1.71. The fourth-order valence-electron chi connectivity index (χ4n) is 9.90. The molecular formula is C50H76INO12. The Morgan fingerprint density at radius 3 is 2.31 bits per heavy atom. The van der Waals surface area contributed by atoms with Crippen molar-refractivity contribution in [3.8, 4) is 0 Å². The Kier molecular flexibility index (Phi) is 21.5. The number of carbonyl (C=O) groups is 5. The second-order valence-electron chi connectivity index (χ2n) is 19.3. The summed E-state index contributed by atoms with van der Waals surface area (Å²) in [4.78, 5) is 71.9. The number of methoxy groups -OCH3 is 2. The van der Waals surface area contributed by atoms with Crippen molar-refractivity contribution in [3.05, 3.63) is 47.6 Å². The van der Waals surface area contributed by atoms with Crippen molar-refractivity contribution in [1.82, 2.24) is 4.90 Å². The first-order chi connectivity index (χ1) is 30.3. The van der Waals surface area contributed by atoms with Crippen LogP contribution in [-0.2, 0) is 46.0 Å². The Hall–Kier alpha value is -2.60. The smallest absolute Gasteiger partial charge is 0.329 e. The lowest BCUT2D eigenvalue weighted by Gasteiger charge is -2.40. The van der Waals surface area contributed by atoms with Gasteiger partial charge in [-0.15, -0.1) is 0 Å². The van der Waals surface area contributed by atoms with Gasteiger partial charge in [0.2, 0.25) is 5.78 Å². The zero-order valence-electron chi connectivity index (χ0n) is 39.7. The minimum atomic E-state index is -2.77. The summed E-state index contributed by atoms with van der Waals surface area (Å²) in [5.74, 6) is -7.45. The molecule has 0 radical (unpaired) electrons. The van der Waals surface area contributed by atoms with Crippen molar-refractivity contribution in [3.63, 3.8) is 0 Å². The number of cyclic esters (lactones) is 1. The van der Waals surface area contributed by atoms with Crippen molar-refractivity contribution < 1.29 is 56.2 Å². The van der Waals surface area contributed by atoms with Crippen LogP contribution in [0.25, 0.3) is 0 Å². The van der Waals surface area contributed by atoms with Crippen LogP contribution >= 0.6 is 23.0 Å². The quantitative estimate of drug-likeness (QED) is 0.114. The highest BCUT2D eigenvalue weighted by Crippen LogP contribution is 2.37. The fourth-order valence-corrected chi connectivity index (χ4v) is 10.5. The summed E-state index contributed by atoms with van der Waals surface area (Å²) in [6.07, 6.45) is 14.1. The van der Waals surface area contributed by atoms with E-state index in [0.717, 1.165) is 24.8 Å². The molecule has 2 bridgehead atoms. The first-order valence-electron chi connectivity index (χ1n) is 23.6. The van der Waals surface area contributed by atoms with Crippen molar-refractivity contribution in [2.24, 2.45) is 35.5 Å². The van der Waals surface area contributed by atoms with Crippen LogP contribution in [0.1, 0.15) is 132 Å². The summed E-state index contributed by atoms with van der Waals surface area (Å²) < 4.78 is 29.5. The number of amides is 1. The number of aliphatic hydroxyl groups is 2. The number of piperidine rings is 1. The van der Waals surface area contributed by atoms with E-state index < -0.39 is 71.7 Å². The van der Waals surface area contributed by atoms with Gasteiger partial charge in [0.25, 0.3) is 5.91 Å². The molecule has 64 heavy (non-hydrogen) atoms. The number of hydrogen-bond acceptors (Lipinski definition) is 12. The van der Waals surface area contributed by atoms with Gasteiger partial charge in [-0.05, 0) is 114 Å². The number of hydrogen-bond donors (Lipinski definition) is 2. The molecule has 1 unspecified atom stereocenters. The van der Waals surface area contributed by atoms with Crippen LogP contribution in [-0.4, -0.2) is 114 Å². The van der Waals surface area contributed by atoms with Crippen LogP contribution in [0.2, 0.25) is 0 Å². The van der Waals surface area contributed by atoms with Crippen LogP contribution in [0.5, 0.6) is 0 Å². The first kappa shape index (κ1) is 54.0. The Morgan fingerprint density at radius 1 is 0.891 bits per heavy atom. The highest BCUT2D eigenvalue weighted by atomic mass is 127. The molecule has 1 amide bonds. The summed E-state index contributed by atoms with van der Waals surface area (Å²) >= 11 is 1.91. The average molecular weight is 1010 g/mol. The molecule has 0 aromatic carbocycles. The standard InChI is InChI=1S/C50H76INO12/c1-30-15-11-10-12-16-31(2)25-35(6)44(54)46(61-9)45(55)36(7)26-33(4)40(53)29-42(34(5)27-37-20-23-41(64-51)43(28-37)60-8)62-48(57)39-17-13-14-24-52(39)49(58)50(59)47(56)32(3)19-22-38(63-50)21-18-30/h10-12,15-16,26,31-35,37-39,41-43,45-46,55,59H,13-14,17-25,27-29H2,1-9H3/b11-10+,16-12+,30-15+,36-26+/t31-,32-,33-,34-,35-,37+,38-,39+,41-,42+,43-,45-,46+,50?/m1/s1. The van der Waals surface area contributed by atoms with Gasteiger partial charge in [0, 0.05) is 44.9 Å². The van der Waals surface area contributed by atoms with Gasteiger partial charge in [0.1, 0.15) is 53.1 Å². The number of aliphatic hydroxyl groups excluding tert-OH is 1. The average Bonchev–Trinajstić information content (AvgIpc) is 3.38. The SMILES string of the molecule is CO[C@@H]1C[C@H](C[C@@H](C)[C@@H]2CC(=O)[C@H](C)/C=C(\C)[C@@H](O)[C@@H](OC)C(=O)[C@H](C)C[C@H](C)/C=C/C=C/C=C(\C)CC[C@@H]3CC[C@@H](C)C(=O)C(O)(O3)C(=O)N3CCCC[C@H]3C(=O)O2)CC[C@H]1OI. The van der Waals surface area contributed by atoms with Crippen LogP contribution in [0, 0.1) is 35.5 Å². The summed E-state index contributed by atoms with van der Waals surface area (Å²) in [6, 6.07) is -1.11. The number of rotatable bonds is 6. The molecule has 4 aliphatic rings. The molecule has 3 fully saturated rings. The van der Waals surface area contributed by atoms with Crippen molar-refractivity contribution >= 4 is 52.2 Å². The van der Waals surface area contributed by atoms with Gasteiger partial charge in [0.15, 0.2) is 5.78 Å². The molecule has 0 aromatic heterocycles. The van der Waals surface area contributed by atoms with E-state index >= 15 is 0 Å². The second kappa shape index (κ2) is 25.5. The Morgan fingerprint density at radius 2 is 1.62 bits per heavy atom. The predicted molar refractivity (Wildman–Crippen MR) is 252 cm³/mol. The van der Waals surface area contributed by atoms with Crippen molar-refractivity contribution in [1.29, 1.82) is 0 Å². The number of fused-ring (bicyclic) bond motifs is 3. The number of esters is 1. The molecule has 1 aliphatic carbocycles. The van der Waals surface area contributed by atoms with E-state index in [1.807, 2.05) is 81.1 Å². The molecule has 14 atom stereocenters. The predicted octanol–water partition coefficient (Wildman–Crippen LogP) is 7.93. The molecule has 4 rings (SSSR count). The molecule has 0 spiro atoms. The molecule has 360 valence electrons. The van der Waals surface area contributed by atoms with E-state index in [1.165, 1.54) is 12.0 Å². The molecule has 3 aliphatic heterocycles. The summed E-state index contributed by atoms with van der Waals surface area (Å²) in [7, 11) is 3.06. The first-order valence-corrected chi connectivity index (χ1v) is 24.4. The van der Waals surface area contributed by atoms with Gasteiger partial charge < -0.3 is 37.1 Å². The van der Waals surface area contributed by atoms with Crippen LogP contribution < -0.4 is 0 Å². The molecular weight excluding hydrogens is 933 g/mol. The third-order valence-corrected chi connectivity index (χ3v) is 14.7. The molecule has 0 aromatic rings. The largest absolute Gasteiger partial charge is 0.460 e. The molecule has 13 nitrogen and oxygen atoms in total. The monoisotopic (exact) mass is 1010 g/mol. The molecule has 1 saturated carbocycles. The van der Waals surface area contributed by atoms with Crippen LogP contribution in [0.4, 0.5) is 0 Å². The Bertz CT molecular complexity index is 1730. The van der Waals surface area contributed by atoms with Gasteiger partial charge in [-0.3, -0.25) is 19.2 Å². The van der Waals surface area contributed by atoms with E-state index in [4.69, 9.17) is 22.0 Å². The van der Waals surface area contributed by atoms with Gasteiger partial charge in [-0.1, -0.05) is 76.6 Å². The van der Waals surface area contributed by atoms with Crippen LogP contribution in [0.15, 0.2) is 47.6 Å². The number of nitrogens with zero attached hydrogens (tertiary/aromatic N) is 1. The van der Waals surface area contributed by atoms with Gasteiger partial charge in [-0.25, -0.2) is 4.79 Å². The highest BCUT2D eigenvalue weighted by molar-refractivity contribution is 14.1. The maximum atomic E-state index is 14.5. The second-order valence-corrected chi connectivity index (χ2v) is 19.8. The Labute approximate surface area is 395 Å². The van der Waals surface area contributed by atoms with E-state index in [-0.39, 0.29) is 60.9 Å². The minimum absolute atomic E-state index is 0.0407.